The minimum atomic E-state index is 0.0796. The van der Waals surface area contributed by atoms with Gasteiger partial charge in [-0.05, 0) is 34.2 Å². The van der Waals surface area contributed by atoms with Crippen molar-refractivity contribution in [2.24, 2.45) is 5.84 Å². The summed E-state index contributed by atoms with van der Waals surface area (Å²) in [6.45, 7) is 2.17. The first-order chi connectivity index (χ1) is 6.79. The van der Waals surface area contributed by atoms with Crippen molar-refractivity contribution in [2.45, 2.75) is 19.4 Å². The Hall–Kier alpha value is 0.0300. The number of hydrazine groups is 1. The molecule has 0 radical (unpaired) electrons. The topological polar surface area (TPSA) is 51.2 Å². The van der Waals surface area contributed by atoms with E-state index in [1.54, 1.807) is 6.26 Å². The van der Waals surface area contributed by atoms with Crippen LogP contribution in [0, 0.1) is 0 Å². The predicted octanol–water partition coefficient (Wildman–Crippen LogP) is 2.69. The summed E-state index contributed by atoms with van der Waals surface area (Å²) in [6.07, 6.45) is 2.84. The molecule has 1 heterocycles. The smallest absolute Gasteiger partial charge is 0.137 e. The van der Waals surface area contributed by atoms with Crippen LogP contribution in [0.2, 0.25) is 0 Å². The first-order valence-corrected chi connectivity index (χ1v) is 6.51. The fraction of sp³-hybridized carbons (Fsp3) is 0.556. The lowest BCUT2D eigenvalue weighted by atomic mass is 10.3. The van der Waals surface area contributed by atoms with Gasteiger partial charge >= 0.3 is 0 Å². The molecule has 14 heavy (non-hydrogen) atoms. The zero-order valence-corrected chi connectivity index (χ0v) is 10.5. The zero-order valence-electron chi connectivity index (χ0n) is 8.13. The molecule has 0 aliphatic rings. The van der Waals surface area contributed by atoms with Gasteiger partial charge in [-0.1, -0.05) is 6.92 Å². The average molecular weight is 279 g/mol. The number of nitrogens with one attached hydrogen (secondary N) is 1. The molecule has 1 atom stereocenters. The molecule has 5 heteroatoms. The van der Waals surface area contributed by atoms with Crippen molar-refractivity contribution in [2.75, 3.05) is 11.5 Å². The summed E-state index contributed by atoms with van der Waals surface area (Å²) in [5.74, 6) is 8.42. The molecule has 0 fully saturated rings. The largest absolute Gasteiger partial charge is 0.466 e. The highest BCUT2D eigenvalue weighted by molar-refractivity contribution is 9.10. The van der Waals surface area contributed by atoms with Gasteiger partial charge in [-0.3, -0.25) is 5.84 Å². The van der Waals surface area contributed by atoms with E-state index in [0.29, 0.717) is 0 Å². The molecule has 1 aromatic heterocycles. The third kappa shape index (κ3) is 3.31. The Kier molecular flexibility index (Phi) is 5.62. The molecule has 0 aliphatic carbocycles. The van der Waals surface area contributed by atoms with Gasteiger partial charge in [0.25, 0.3) is 0 Å². The highest BCUT2D eigenvalue weighted by Gasteiger charge is 2.15. The number of hydrogen-bond donors (Lipinski definition) is 2. The SMILES string of the molecule is CCCSCC(NN)c1occc1Br. The molecule has 1 aromatic rings. The van der Waals surface area contributed by atoms with Gasteiger partial charge in [0.2, 0.25) is 0 Å². The fourth-order valence-corrected chi connectivity index (χ4v) is 2.52. The number of rotatable bonds is 6. The standard InChI is InChI=1S/C9H15BrN2OS/c1-2-5-14-6-8(12-11)9-7(10)3-4-13-9/h3-4,8,12H,2,5-6,11H2,1H3. The van der Waals surface area contributed by atoms with Crippen molar-refractivity contribution in [1.29, 1.82) is 0 Å². The molecule has 1 rings (SSSR count). The monoisotopic (exact) mass is 278 g/mol. The van der Waals surface area contributed by atoms with E-state index >= 15 is 0 Å². The second-order valence-electron chi connectivity index (χ2n) is 2.93. The first-order valence-electron chi connectivity index (χ1n) is 4.56. The molecular formula is C9H15BrN2OS. The molecule has 0 saturated heterocycles. The van der Waals surface area contributed by atoms with Crippen LogP contribution in [0.25, 0.3) is 0 Å². The van der Waals surface area contributed by atoms with E-state index < -0.39 is 0 Å². The molecule has 0 saturated carbocycles. The zero-order chi connectivity index (χ0) is 10.4. The fourth-order valence-electron chi connectivity index (χ4n) is 1.10. The second-order valence-corrected chi connectivity index (χ2v) is 4.93. The molecule has 0 bridgehead atoms. The summed E-state index contributed by atoms with van der Waals surface area (Å²) in [7, 11) is 0. The van der Waals surface area contributed by atoms with Crippen molar-refractivity contribution in [3.63, 3.8) is 0 Å². The molecule has 0 aliphatic heterocycles. The van der Waals surface area contributed by atoms with Crippen LogP contribution >= 0.6 is 27.7 Å². The van der Waals surface area contributed by atoms with Crippen LogP contribution in [-0.2, 0) is 0 Å². The summed E-state index contributed by atoms with van der Waals surface area (Å²) in [5, 5.41) is 0. The number of nitrogens with two attached hydrogens (primary N) is 1. The van der Waals surface area contributed by atoms with Crippen LogP contribution in [0.4, 0.5) is 0 Å². The third-order valence-corrected chi connectivity index (χ3v) is 3.72. The average Bonchev–Trinajstić information content (AvgIpc) is 2.60. The molecular weight excluding hydrogens is 264 g/mol. The molecule has 0 amide bonds. The Balaban J connectivity index is 2.50. The van der Waals surface area contributed by atoms with Crippen LogP contribution in [0.1, 0.15) is 25.1 Å². The van der Waals surface area contributed by atoms with E-state index in [9.17, 15) is 0 Å². The summed E-state index contributed by atoms with van der Waals surface area (Å²) in [5.41, 5.74) is 2.76. The Labute approximate surface area is 96.9 Å². The summed E-state index contributed by atoms with van der Waals surface area (Å²) < 4.78 is 6.32. The Morgan fingerprint density at radius 3 is 3.00 bits per heavy atom. The van der Waals surface area contributed by atoms with Crippen molar-refractivity contribution in [1.82, 2.24) is 5.43 Å². The molecule has 3 N–H and O–H groups in total. The molecule has 3 nitrogen and oxygen atoms in total. The Morgan fingerprint density at radius 2 is 2.50 bits per heavy atom. The molecule has 80 valence electrons. The first kappa shape index (κ1) is 12.1. The predicted molar refractivity (Wildman–Crippen MR) is 64.1 cm³/mol. The van der Waals surface area contributed by atoms with Gasteiger partial charge < -0.3 is 4.42 Å². The Morgan fingerprint density at radius 1 is 1.71 bits per heavy atom. The van der Waals surface area contributed by atoms with E-state index in [2.05, 4.69) is 28.3 Å². The minimum Gasteiger partial charge on any atom is -0.466 e. The van der Waals surface area contributed by atoms with Crippen molar-refractivity contribution < 1.29 is 4.42 Å². The number of furan rings is 1. The van der Waals surface area contributed by atoms with Crippen molar-refractivity contribution >= 4 is 27.7 Å². The second kappa shape index (κ2) is 6.50. The van der Waals surface area contributed by atoms with E-state index in [1.807, 2.05) is 17.8 Å². The van der Waals surface area contributed by atoms with Gasteiger partial charge in [0.1, 0.15) is 5.76 Å². The van der Waals surface area contributed by atoms with Crippen LogP contribution < -0.4 is 11.3 Å². The molecule has 0 spiro atoms. The maximum Gasteiger partial charge on any atom is 0.137 e. The molecule has 0 aromatic carbocycles. The summed E-state index contributed by atoms with van der Waals surface area (Å²) in [4.78, 5) is 0. The van der Waals surface area contributed by atoms with Crippen molar-refractivity contribution in [3.05, 3.63) is 22.6 Å². The quantitative estimate of drug-likeness (QED) is 0.477. The number of halogens is 1. The van der Waals surface area contributed by atoms with Crippen LogP contribution in [0.15, 0.2) is 21.2 Å². The lowest BCUT2D eigenvalue weighted by Gasteiger charge is -2.13. The highest BCUT2D eigenvalue weighted by Crippen LogP contribution is 2.26. The number of hydrogen-bond acceptors (Lipinski definition) is 4. The van der Waals surface area contributed by atoms with Crippen LogP contribution in [0.3, 0.4) is 0 Å². The van der Waals surface area contributed by atoms with E-state index in [-0.39, 0.29) is 6.04 Å². The van der Waals surface area contributed by atoms with Gasteiger partial charge in [0.15, 0.2) is 0 Å². The number of thioether (sulfide) groups is 1. The van der Waals surface area contributed by atoms with E-state index in [1.165, 1.54) is 6.42 Å². The van der Waals surface area contributed by atoms with Crippen molar-refractivity contribution in [3.8, 4) is 0 Å². The van der Waals surface area contributed by atoms with E-state index in [4.69, 9.17) is 10.3 Å². The maximum atomic E-state index is 5.47. The molecule has 1 unspecified atom stereocenters. The van der Waals surface area contributed by atoms with Gasteiger partial charge in [0, 0.05) is 5.75 Å². The van der Waals surface area contributed by atoms with Crippen LogP contribution in [-0.4, -0.2) is 11.5 Å². The normalized spacial score (nSPS) is 13.1. The minimum absolute atomic E-state index is 0.0796. The van der Waals surface area contributed by atoms with Gasteiger partial charge in [-0.25, -0.2) is 5.43 Å². The third-order valence-electron chi connectivity index (χ3n) is 1.80. The van der Waals surface area contributed by atoms with E-state index in [0.717, 1.165) is 21.7 Å². The lowest BCUT2D eigenvalue weighted by molar-refractivity contribution is 0.438. The maximum absolute atomic E-state index is 5.47. The highest BCUT2D eigenvalue weighted by atomic mass is 79.9. The van der Waals surface area contributed by atoms with Gasteiger partial charge in [0.05, 0.1) is 16.8 Å². The van der Waals surface area contributed by atoms with Gasteiger partial charge in [-0.15, -0.1) is 0 Å². The summed E-state index contributed by atoms with van der Waals surface area (Å²) in [6, 6.07) is 1.96. The van der Waals surface area contributed by atoms with Crippen LogP contribution in [0.5, 0.6) is 0 Å². The van der Waals surface area contributed by atoms with Gasteiger partial charge in [-0.2, -0.15) is 11.8 Å². The lowest BCUT2D eigenvalue weighted by Crippen LogP contribution is -2.29. The Bertz CT molecular complexity index is 267. The summed E-state index contributed by atoms with van der Waals surface area (Å²) >= 11 is 5.29.